The molecule has 1 aliphatic heterocycles. The van der Waals surface area contributed by atoms with Crippen LogP contribution in [0.25, 0.3) is 0 Å². The first kappa shape index (κ1) is 21.5. The first-order valence-corrected chi connectivity index (χ1v) is 8.94. The minimum absolute atomic E-state index is 0. The number of rotatable bonds is 3. The molecule has 0 spiro atoms. The molecule has 0 fully saturated rings. The largest absolute Gasteiger partial charge is 1.00 e. The SMILES string of the molecule is O=C(c1ccccc1)N1CC/C(=N/OS(=O)(=O)[O-])c2ccc(Cl)cc21.[K+]. The molecule has 0 aliphatic carbocycles. The van der Waals surface area contributed by atoms with E-state index in [1.54, 1.807) is 42.5 Å². The molecule has 1 aliphatic rings. The number of anilines is 1. The van der Waals surface area contributed by atoms with E-state index in [4.69, 9.17) is 11.6 Å². The summed E-state index contributed by atoms with van der Waals surface area (Å²) in [6.07, 6.45) is 0.225. The van der Waals surface area contributed by atoms with Crippen molar-refractivity contribution in [3.8, 4) is 0 Å². The second kappa shape index (κ2) is 8.94. The quantitative estimate of drug-likeness (QED) is 0.291. The molecule has 2 aromatic rings. The molecule has 3 rings (SSSR count). The van der Waals surface area contributed by atoms with Crippen molar-refractivity contribution in [1.29, 1.82) is 0 Å². The average molecular weight is 419 g/mol. The molecule has 0 bridgehead atoms. The van der Waals surface area contributed by atoms with E-state index in [-0.39, 0.29) is 76.0 Å². The monoisotopic (exact) mass is 418 g/mol. The van der Waals surface area contributed by atoms with Gasteiger partial charge in [0, 0.05) is 29.1 Å². The fourth-order valence-corrected chi connectivity index (χ4v) is 2.93. The zero-order valence-electron chi connectivity index (χ0n) is 13.8. The molecule has 0 aromatic heterocycles. The molecule has 0 N–H and O–H groups in total. The zero-order valence-corrected chi connectivity index (χ0v) is 18.5. The second-order valence-corrected chi connectivity index (χ2v) is 6.66. The molecule has 0 atom stereocenters. The predicted molar refractivity (Wildman–Crippen MR) is 91.5 cm³/mol. The van der Waals surface area contributed by atoms with E-state index < -0.39 is 10.4 Å². The maximum absolute atomic E-state index is 12.8. The summed E-state index contributed by atoms with van der Waals surface area (Å²) in [5.41, 5.74) is 1.71. The number of carbonyl (C=O) groups is 1. The van der Waals surface area contributed by atoms with Gasteiger partial charge in [0.05, 0.1) is 11.4 Å². The van der Waals surface area contributed by atoms with E-state index in [0.29, 0.717) is 21.8 Å². The standard InChI is InChI=1S/C16H13ClN2O5S.K/c17-12-6-7-13-14(18-24-25(21,22)23)8-9-19(15(13)10-12)16(20)11-4-2-1-3-5-11;/h1-7,10H,8-9H2,(H,21,22,23);/q;+1/p-1/b18-14-;. The van der Waals surface area contributed by atoms with E-state index in [1.165, 1.54) is 4.90 Å². The number of amides is 1. The Bertz CT molecular complexity index is 950. The van der Waals surface area contributed by atoms with E-state index in [2.05, 4.69) is 9.44 Å². The Morgan fingerprint density at radius 3 is 2.54 bits per heavy atom. The van der Waals surface area contributed by atoms with E-state index in [0.717, 1.165) is 0 Å². The van der Waals surface area contributed by atoms with Crippen molar-refractivity contribution >= 4 is 39.3 Å². The van der Waals surface area contributed by atoms with Crippen LogP contribution in [-0.2, 0) is 14.7 Å². The van der Waals surface area contributed by atoms with Gasteiger partial charge in [0.2, 0.25) is 0 Å². The summed E-state index contributed by atoms with van der Waals surface area (Å²) < 4.78 is 35.9. The number of oxime groups is 1. The number of benzene rings is 2. The van der Waals surface area contributed by atoms with Gasteiger partial charge in [-0.3, -0.25) is 9.08 Å². The van der Waals surface area contributed by atoms with Crippen molar-refractivity contribution in [3.63, 3.8) is 0 Å². The van der Waals surface area contributed by atoms with Crippen molar-refractivity contribution in [2.75, 3.05) is 11.4 Å². The Morgan fingerprint density at radius 2 is 1.88 bits per heavy atom. The van der Waals surface area contributed by atoms with Crippen LogP contribution in [0.2, 0.25) is 5.02 Å². The van der Waals surface area contributed by atoms with Gasteiger partial charge in [0.25, 0.3) is 16.3 Å². The summed E-state index contributed by atoms with van der Waals surface area (Å²) in [5.74, 6) is -0.222. The van der Waals surface area contributed by atoms with Gasteiger partial charge >= 0.3 is 51.4 Å². The first-order chi connectivity index (χ1) is 11.8. The van der Waals surface area contributed by atoms with Crippen molar-refractivity contribution in [3.05, 3.63) is 64.7 Å². The van der Waals surface area contributed by atoms with Crippen LogP contribution in [0.5, 0.6) is 0 Å². The molecule has 26 heavy (non-hydrogen) atoms. The number of nitrogens with zero attached hydrogens (tertiary/aromatic N) is 2. The van der Waals surface area contributed by atoms with Crippen molar-refractivity contribution < 1.29 is 73.4 Å². The Morgan fingerprint density at radius 1 is 1.19 bits per heavy atom. The van der Waals surface area contributed by atoms with Crippen LogP contribution in [0, 0.1) is 0 Å². The Labute approximate surface area is 198 Å². The fourth-order valence-electron chi connectivity index (χ4n) is 2.58. The van der Waals surface area contributed by atoms with Gasteiger partial charge in [0.1, 0.15) is 0 Å². The molecular formula is C16H12ClKN2O5S. The van der Waals surface area contributed by atoms with Crippen LogP contribution in [0.3, 0.4) is 0 Å². The zero-order chi connectivity index (χ0) is 18.0. The van der Waals surface area contributed by atoms with Crippen molar-refractivity contribution in [2.24, 2.45) is 5.16 Å². The van der Waals surface area contributed by atoms with Gasteiger partial charge in [-0.05, 0) is 30.3 Å². The molecule has 1 heterocycles. The normalized spacial score (nSPS) is 15.2. The summed E-state index contributed by atoms with van der Waals surface area (Å²) in [6, 6.07) is 13.5. The number of hydrogen-bond donors (Lipinski definition) is 0. The number of hydrogen-bond acceptors (Lipinski definition) is 6. The Hall–Kier alpha value is -0.784. The number of carbonyl (C=O) groups excluding carboxylic acids is 1. The summed E-state index contributed by atoms with van der Waals surface area (Å²) in [6.45, 7) is 0.238. The average Bonchev–Trinajstić information content (AvgIpc) is 2.59. The van der Waals surface area contributed by atoms with Gasteiger partial charge in [-0.2, -0.15) is 8.42 Å². The molecule has 130 valence electrons. The minimum Gasteiger partial charge on any atom is -0.714 e. The maximum Gasteiger partial charge on any atom is 1.00 e. The molecule has 0 unspecified atom stereocenters. The van der Waals surface area contributed by atoms with Crippen molar-refractivity contribution in [2.45, 2.75) is 6.42 Å². The van der Waals surface area contributed by atoms with Crippen molar-refractivity contribution in [1.82, 2.24) is 0 Å². The minimum atomic E-state index is -4.95. The number of fused-ring (bicyclic) bond motifs is 1. The predicted octanol–water partition coefficient (Wildman–Crippen LogP) is -0.425. The topological polar surface area (TPSA) is 99.1 Å². The van der Waals surface area contributed by atoms with Gasteiger partial charge < -0.3 is 9.45 Å². The van der Waals surface area contributed by atoms with Crippen LogP contribution in [-0.4, -0.2) is 31.1 Å². The molecule has 0 radical (unpaired) electrons. The smallest absolute Gasteiger partial charge is 0.714 e. The van der Waals surface area contributed by atoms with Gasteiger partial charge in [-0.15, -0.1) is 0 Å². The van der Waals surface area contributed by atoms with Crippen LogP contribution >= 0.6 is 11.6 Å². The van der Waals surface area contributed by atoms with Crippen LogP contribution < -0.4 is 56.3 Å². The van der Waals surface area contributed by atoms with E-state index >= 15 is 0 Å². The van der Waals surface area contributed by atoms with E-state index in [9.17, 15) is 17.8 Å². The maximum atomic E-state index is 12.8. The third-order valence-corrected chi connectivity index (χ3v) is 4.13. The van der Waals surface area contributed by atoms with Gasteiger partial charge in [0.15, 0.2) is 0 Å². The van der Waals surface area contributed by atoms with Crippen LogP contribution in [0.1, 0.15) is 22.3 Å². The first-order valence-electron chi connectivity index (χ1n) is 7.23. The molecule has 2 aromatic carbocycles. The molecular weight excluding hydrogens is 407 g/mol. The van der Waals surface area contributed by atoms with Gasteiger partial charge in [-0.1, -0.05) is 35.0 Å². The van der Waals surface area contributed by atoms with Gasteiger partial charge in [-0.25, -0.2) is 0 Å². The molecule has 0 saturated heterocycles. The third kappa shape index (κ3) is 5.14. The summed E-state index contributed by atoms with van der Waals surface area (Å²) >= 11 is 6.04. The molecule has 10 heteroatoms. The molecule has 0 saturated carbocycles. The summed E-state index contributed by atoms with van der Waals surface area (Å²) in [7, 11) is -4.95. The second-order valence-electron chi connectivity index (χ2n) is 5.26. The van der Waals surface area contributed by atoms with E-state index in [1.807, 2.05) is 6.07 Å². The van der Waals surface area contributed by atoms with Crippen LogP contribution in [0.15, 0.2) is 53.7 Å². The molecule has 7 nitrogen and oxygen atoms in total. The Kier molecular flexibility index (Phi) is 7.40. The molecule has 1 amide bonds. The van der Waals surface area contributed by atoms with Crippen LogP contribution in [0.4, 0.5) is 5.69 Å². The summed E-state index contributed by atoms with van der Waals surface area (Å²) in [4.78, 5) is 14.3. The number of halogens is 1. The Balaban J connectivity index is 0.00000243. The summed E-state index contributed by atoms with van der Waals surface area (Å²) in [5, 5.41) is 3.83. The third-order valence-electron chi connectivity index (χ3n) is 3.64. The fraction of sp³-hybridized carbons (Fsp3) is 0.125.